The van der Waals surface area contributed by atoms with Crippen LogP contribution in [-0.4, -0.2) is 4.57 Å². The second kappa shape index (κ2) is 4.45. The maximum atomic E-state index is 13.9. The van der Waals surface area contributed by atoms with Crippen molar-refractivity contribution in [3.05, 3.63) is 70.5 Å². The van der Waals surface area contributed by atoms with Crippen LogP contribution >= 0.6 is 0 Å². The van der Waals surface area contributed by atoms with Crippen LogP contribution in [0.25, 0.3) is 16.5 Å². The minimum Gasteiger partial charge on any atom is -0.385 e. The minimum absolute atomic E-state index is 0.0539. The molecule has 1 aromatic heterocycles. The van der Waals surface area contributed by atoms with E-state index in [4.69, 9.17) is 5.73 Å². The summed E-state index contributed by atoms with van der Waals surface area (Å²) < 4.78 is 28.1. The smallest absolute Gasteiger partial charge is 0.264 e. The number of hydrogen-bond donors (Lipinski definition) is 1. The molecule has 2 aromatic carbocycles. The molecule has 0 aliphatic carbocycles. The number of benzene rings is 2. The van der Waals surface area contributed by atoms with Crippen molar-refractivity contribution in [1.29, 1.82) is 0 Å². The van der Waals surface area contributed by atoms with Gasteiger partial charge in [0.05, 0.1) is 5.69 Å². The first-order valence-corrected chi connectivity index (χ1v) is 5.94. The zero-order valence-electron chi connectivity index (χ0n) is 10.3. The molecule has 0 amide bonds. The Kier molecular flexibility index (Phi) is 2.75. The van der Waals surface area contributed by atoms with Crippen LogP contribution in [-0.2, 0) is 0 Å². The van der Waals surface area contributed by atoms with E-state index < -0.39 is 17.2 Å². The molecule has 3 rings (SSSR count). The Morgan fingerprint density at radius 2 is 1.75 bits per heavy atom. The van der Waals surface area contributed by atoms with Crippen LogP contribution in [0.4, 0.5) is 14.6 Å². The third kappa shape index (κ3) is 1.75. The molecule has 5 heteroatoms. The Morgan fingerprint density at radius 3 is 2.55 bits per heavy atom. The maximum Gasteiger partial charge on any atom is 0.264 e. The molecule has 0 unspecified atom stereocenters. The monoisotopic (exact) mass is 272 g/mol. The average molecular weight is 272 g/mol. The van der Waals surface area contributed by atoms with E-state index in [2.05, 4.69) is 0 Å². The highest BCUT2D eigenvalue weighted by Crippen LogP contribution is 2.20. The van der Waals surface area contributed by atoms with E-state index in [1.807, 2.05) is 0 Å². The van der Waals surface area contributed by atoms with Gasteiger partial charge < -0.3 is 5.73 Å². The predicted molar refractivity (Wildman–Crippen MR) is 73.9 cm³/mol. The lowest BCUT2D eigenvalue weighted by Gasteiger charge is -2.12. The highest BCUT2D eigenvalue weighted by atomic mass is 19.2. The molecular formula is C15H10F2N2O. The van der Waals surface area contributed by atoms with Gasteiger partial charge in [0.15, 0.2) is 11.6 Å². The molecule has 0 spiro atoms. The van der Waals surface area contributed by atoms with Crippen LogP contribution < -0.4 is 11.3 Å². The number of aromatic nitrogens is 1. The number of fused-ring (bicyclic) bond motifs is 1. The van der Waals surface area contributed by atoms with E-state index in [1.54, 1.807) is 30.3 Å². The number of hydrogen-bond acceptors (Lipinski definition) is 2. The molecule has 0 saturated carbocycles. The predicted octanol–water partition coefficient (Wildman–Crippen LogP) is 2.85. The van der Waals surface area contributed by atoms with E-state index in [-0.39, 0.29) is 11.5 Å². The molecule has 2 N–H and O–H groups in total. The molecule has 3 aromatic rings. The first-order valence-electron chi connectivity index (χ1n) is 5.94. The average Bonchev–Trinajstić information content (AvgIpc) is 2.43. The molecule has 100 valence electrons. The van der Waals surface area contributed by atoms with Crippen molar-refractivity contribution in [3.63, 3.8) is 0 Å². The summed E-state index contributed by atoms with van der Waals surface area (Å²) in [5.41, 5.74) is 5.13. The fourth-order valence-corrected chi connectivity index (χ4v) is 2.19. The Morgan fingerprint density at radius 1 is 1.00 bits per heavy atom. The zero-order chi connectivity index (χ0) is 14.3. The quantitative estimate of drug-likeness (QED) is 0.740. The number of nitrogens with two attached hydrogens (primary N) is 1. The van der Waals surface area contributed by atoms with Gasteiger partial charge in [-0.2, -0.15) is 0 Å². The second-order valence-corrected chi connectivity index (χ2v) is 4.37. The molecule has 0 fully saturated rings. The fourth-order valence-electron chi connectivity index (χ4n) is 2.19. The van der Waals surface area contributed by atoms with Crippen molar-refractivity contribution in [1.82, 2.24) is 4.57 Å². The van der Waals surface area contributed by atoms with Crippen LogP contribution in [0, 0.1) is 11.6 Å². The van der Waals surface area contributed by atoms with Crippen LogP contribution in [0.15, 0.2) is 53.3 Å². The van der Waals surface area contributed by atoms with Crippen molar-refractivity contribution in [2.24, 2.45) is 0 Å². The molecule has 0 aliphatic rings. The van der Waals surface area contributed by atoms with Crippen LogP contribution in [0.3, 0.4) is 0 Å². The Labute approximate surface area is 112 Å². The van der Waals surface area contributed by atoms with E-state index in [0.717, 1.165) is 10.6 Å². The molecular weight excluding hydrogens is 262 g/mol. The maximum absolute atomic E-state index is 13.9. The van der Waals surface area contributed by atoms with Gasteiger partial charge in [-0.15, -0.1) is 0 Å². The molecule has 0 aliphatic heterocycles. The largest absolute Gasteiger partial charge is 0.385 e. The summed E-state index contributed by atoms with van der Waals surface area (Å²) in [7, 11) is 0. The van der Waals surface area contributed by atoms with Gasteiger partial charge in [0.1, 0.15) is 5.82 Å². The van der Waals surface area contributed by atoms with Crippen molar-refractivity contribution < 1.29 is 8.78 Å². The normalized spacial score (nSPS) is 10.9. The van der Waals surface area contributed by atoms with Gasteiger partial charge in [0, 0.05) is 5.39 Å². The Bertz CT molecular complexity index is 871. The highest BCUT2D eigenvalue weighted by molar-refractivity contribution is 5.84. The number of anilines is 1. The van der Waals surface area contributed by atoms with Gasteiger partial charge in [0.25, 0.3) is 5.56 Å². The van der Waals surface area contributed by atoms with E-state index in [1.165, 1.54) is 12.1 Å². The lowest BCUT2D eigenvalue weighted by atomic mass is 10.1. The number of rotatable bonds is 1. The topological polar surface area (TPSA) is 48.0 Å². The standard InChI is InChI=1S/C15H10F2N2O/c16-11-6-3-7-12(14(11)17)19-13(18)8-9-4-1-2-5-10(9)15(19)20/h1-8H,18H2. The van der Waals surface area contributed by atoms with Gasteiger partial charge in [0.2, 0.25) is 0 Å². The molecule has 20 heavy (non-hydrogen) atoms. The molecule has 0 atom stereocenters. The Hall–Kier alpha value is -2.69. The number of pyridine rings is 1. The van der Waals surface area contributed by atoms with E-state index >= 15 is 0 Å². The fraction of sp³-hybridized carbons (Fsp3) is 0. The van der Waals surface area contributed by atoms with Crippen molar-refractivity contribution in [2.75, 3.05) is 5.73 Å². The Balaban J connectivity index is 2.43. The van der Waals surface area contributed by atoms with E-state index in [0.29, 0.717) is 10.8 Å². The van der Waals surface area contributed by atoms with Crippen LogP contribution in [0.5, 0.6) is 0 Å². The number of nitrogens with zero attached hydrogens (tertiary/aromatic N) is 1. The summed E-state index contributed by atoms with van der Waals surface area (Å²) in [6, 6.07) is 12.0. The first-order chi connectivity index (χ1) is 9.59. The molecule has 0 saturated heterocycles. The number of halogens is 2. The molecule has 0 bridgehead atoms. The number of nitrogen functional groups attached to an aromatic ring is 1. The summed E-state index contributed by atoms with van der Waals surface area (Å²) in [4.78, 5) is 12.4. The summed E-state index contributed by atoms with van der Waals surface area (Å²) >= 11 is 0. The lowest BCUT2D eigenvalue weighted by Crippen LogP contribution is -2.22. The lowest BCUT2D eigenvalue weighted by molar-refractivity contribution is 0.504. The van der Waals surface area contributed by atoms with Gasteiger partial charge >= 0.3 is 0 Å². The van der Waals surface area contributed by atoms with Crippen molar-refractivity contribution in [3.8, 4) is 5.69 Å². The van der Waals surface area contributed by atoms with Crippen LogP contribution in [0.1, 0.15) is 0 Å². The summed E-state index contributed by atoms with van der Waals surface area (Å²) in [5, 5.41) is 1.05. The van der Waals surface area contributed by atoms with Gasteiger partial charge in [-0.05, 0) is 29.7 Å². The third-order valence-corrected chi connectivity index (χ3v) is 3.13. The summed E-state index contributed by atoms with van der Waals surface area (Å²) in [6.07, 6.45) is 0. The minimum atomic E-state index is -1.10. The van der Waals surface area contributed by atoms with Gasteiger partial charge in [-0.3, -0.25) is 9.36 Å². The van der Waals surface area contributed by atoms with E-state index in [9.17, 15) is 13.6 Å². The summed E-state index contributed by atoms with van der Waals surface area (Å²) in [5.74, 6) is -2.07. The molecule has 3 nitrogen and oxygen atoms in total. The van der Waals surface area contributed by atoms with Gasteiger partial charge in [-0.25, -0.2) is 8.78 Å². The molecule has 1 heterocycles. The SMILES string of the molecule is Nc1cc2ccccc2c(=O)n1-c1cccc(F)c1F. The van der Waals surface area contributed by atoms with Crippen molar-refractivity contribution >= 4 is 16.6 Å². The van der Waals surface area contributed by atoms with Gasteiger partial charge in [-0.1, -0.05) is 24.3 Å². The highest BCUT2D eigenvalue weighted by Gasteiger charge is 2.14. The second-order valence-electron chi connectivity index (χ2n) is 4.37. The third-order valence-electron chi connectivity index (χ3n) is 3.13. The van der Waals surface area contributed by atoms with Crippen molar-refractivity contribution in [2.45, 2.75) is 0 Å². The zero-order valence-corrected chi connectivity index (χ0v) is 10.3. The van der Waals surface area contributed by atoms with Crippen LogP contribution in [0.2, 0.25) is 0 Å². The first kappa shape index (κ1) is 12.3. The summed E-state index contributed by atoms with van der Waals surface area (Å²) in [6.45, 7) is 0. The molecule has 0 radical (unpaired) electrons.